The van der Waals surface area contributed by atoms with Gasteiger partial charge in [-0.25, -0.2) is 4.98 Å². The lowest BCUT2D eigenvalue weighted by Gasteiger charge is -2.10. The molecule has 1 aromatic carbocycles. The topological polar surface area (TPSA) is 53.1 Å². The molecule has 0 atom stereocenters. The summed E-state index contributed by atoms with van der Waals surface area (Å²) in [4.78, 5) is 4.44. The molecule has 1 aromatic heterocycles. The highest BCUT2D eigenvalue weighted by Gasteiger charge is 2.14. The van der Waals surface area contributed by atoms with Crippen molar-refractivity contribution in [2.24, 2.45) is 7.05 Å². The van der Waals surface area contributed by atoms with E-state index in [1.54, 1.807) is 7.11 Å². The van der Waals surface area contributed by atoms with Gasteiger partial charge < -0.3 is 15.0 Å². The zero-order valence-corrected chi connectivity index (χ0v) is 11.5. The Labute approximate surface area is 107 Å². The van der Waals surface area contributed by atoms with Crippen molar-refractivity contribution in [3.8, 4) is 17.0 Å². The van der Waals surface area contributed by atoms with E-state index in [9.17, 15) is 0 Å². The lowest BCUT2D eigenvalue weighted by atomic mass is 10.0. The molecule has 0 saturated heterocycles. The van der Waals surface area contributed by atoms with Crippen molar-refractivity contribution >= 4 is 5.95 Å². The van der Waals surface area contributed by atoms with Gasteiger partial charge in [-0.1, -0.05) is 0 Å². The summed E-state index contributed by atoms with van der Waals surface area (Å²) < 4.78 is 7.22. The Kier molecular flexibility index (Phi) is 3.03. The second-order valence-corrected chi connectivity index (χ2v) is 4.60. The van der Waals surface area contributed by atoms with E-state index in [2.05, 4.69) is 18.0 Å². The minimum atomic E-state index is 0.537. The summed E-state index contributed by atoms with van der Waals surface area (Å²) in [5.41, 5.74) is 11.2. The maximum Gasteiger partial charge on any atom is 0.200 e. The first-order valence-corrected chi connectivity index (χ1v) is 5.90. The van der Waals surface area contributed by atoms with Crippen LogP contribution in [-0.4, -0.2) is 16.7 Å². The predicted molar refractivity (Wildman–Crippen MR) is 73.8 cm³/mol. The summed E-state index contributed by atoms with van der Waals surface area (Å²) >= 11 is 0. The van der Waals surface area contributed by atoms with Crippen molar-refractivity contribution in [1.29, 1.82) is 0 Å². The van der Waals surface area contributed by atoms with Gasteiger partial charge in [0.25, 0.3) is 0 Å². The van der Waals surface area contributed by atoms with Crippen molar-refractivity contribution in [3.05, 3.63) is 29.0 Å². The Morgan fingerprint density at radius 2 is 1.83 bits per heavy atom. The van der Waals surface area contributed by atoms with Crippen molar-refractivity contribution in [1.82, 2.24) is 9.55 Å². The number of ether oxygens (including phenoxy) is 1. The molecular formula is C14H19N3O. The minimum Gasteiger partial charge on any atom is -0.496 e. The highest BCUT2D eigenvalue weighted by Crippen LogP contribution is 2.31. The molecule has 0 aliphatic heterocycles. The highest BCUT2D eigenvalue weighted by atomic mass is 16.5. The number of nitrogen functional groups attached to an aromatic ring is 1. The molecule has 0 saturated carbocycles. The van der Waals surface area contributed by atoms with Gasteiger partial charge in [0.2, 0.25) is 5.95 Å². The molecule has 0 spiro atoms. The molecule has 2 rings (SSSR count). The number of aromatic nitrogens is 2. The predicted octanol–water partition coefficient (Wildman–Crippen LogP) is 2.60. The van der Waals surface area contributed by atoms with Gasteiger partial charge in [0.1, 0.15) is 5.75 Å². The smallest absolute Gasteiger partial charge is 0.200 e. The summed E-state index contributed by atoms with van der Waals surface area (Å²) in [5, 5.41) is 0. The number of aryl methyl sites for hydroxylation is 2. The van der Waals surface area contributed by atoms with Crippen LogP contribution in [0.3, 0.4) is 0 Å². The van der Waals surface area contributed by atoms with Crippen molar-refractivity contribution < 1.29 is 4.74 Å². The summed E-state index contributed by atoms with van der Waals surface area (Å²) in [6, 6.07) is 4.14. The van der Waals surface area contributed by atoms with Crippen LogP contribution in [0.25, 0.3) is 11.3 Å². The molecule has 96 valence electrons. The van der Waals surface area contributed by atoms with Crippen LogP contribution in [0.15, 0.2) is 12.1 Å². The Hall–Kier alpha value is -1.97. The molecule has 0 aliphatic rings. The van der Waals surface area contributed by atoms with E-state index in [1.165, 1.54) is 0 Å². The van der Waals surface area contributed by atoms with E-state index in [4.69, 9.17) is 10.5 Å². The van der Waals surface area contributed by atoms with Crippen LogP contribution in [0.4, 0.5) is 5.95 Å². The van der Waals surface area contributed by atoms with E-state index in [-0.39, 0.29) is 0 Å². The lowest BCUT2D eigenvalue weighted by Crippen LogP contribution is -1.97. The third-order valence-corrected chi connectivity index (χ3v) is 3.41. The average molecular weight is 245 g/mol. The summed E-state index contributed by atoms with van der Waals surface area (Å²) in [6.45, 7) is 6.11. The summed E-state index contributed by atoms with van der Waals surface area (Å²) in [5.74, 6) is 1.44. The van der Waals surface area contributed by atoms with Crippen LogP contribution >= 0.6 is 0 Å². The maximum absolute atomic E-state index is 5.85. The minimum absolute atomic E-state index is 0.537. The van der Waals surface area contributed by atoms with Crippen LogP contribution in [0.5, 0.6) is 5.75 Å². The number of hydrogen-bond acceptors (Lipinski definition) is 3. The van der Waals surface area contributed by atoms with Crippen molar-refractivity contribution in [2.75, 3.05) is 12.8 Å². The Morgan fingerprint density at radius 3 is 2.33 bits per heavy atom. The standard InChI is InChI=1S/C14H19N3O/c1-8-7-12(18-5)9(2)6-11(8)13-10(3)17(4)14(15)16-13/h6-7H,1-5H3,(H2,15,16). The number of hydrogen-bond donors (Lipinski definition) is 1. The maximum atomic E-state index is 5.85. The van der Waals surface area contributed by atoms with Crippen LogP contribution in [0.1, 0.15) is 16.8 Å². The summed E-state index contributed by atoms with van der Waals surface area (Å²) in [6.07, 6.45) is 0. The highest BCUT2D eigenvalue weighted by molar-refractivity contribution is 5.69. The van der Waals surface area contributed by atoms with E-state index < -0.39 is 0 Å². The Bertz CT molecular complexity index is 600. The van der Waals surface area contributed by atoms with Crippen LogP contribution in [-0.2, 0) is 7.05 Å². The molecular weight excluding hydrogens is 226 g/mol. The quantitative estimate of drug-likeness (QED) is 0.884. The molecule has 0 amide bonds. The van der Waals surface area contributed by atoms with E-state index >= 15 is 0 Å². The lowest BCUT2D eigenvalue weighted by molar-refractivity contribution is 0.411. The molecule has 0 radical (unpaired) electrons. The van der Waals surface area contributed by atoms with Crippen LogP contribution in [0, 0.1) is 20.8 Å². The van der Waals surface area contributed by atoms with Crippen molar-refractivity contribution in [2.45, 2.75) is 20.8 Å². The normalized spacial score (nSPS) is 10.7. The SMILES string of the molecule is COc1cc(C)c(-c2nc(N)n(C)c2C)cc1C. The summed E-state index contributed by atoms with van der Waals surface area (Å²) in [7, 11) is 3.61. The third-order valence-electron chi connectivity index (χ3n) is 3.41. The molecule has 0 aliphatic carbocycles. The first kappa shape index (κ1) is 12.5. The molecule has 0 unspecified atom stereocenters. The van der Waals surface area contributed by atoms with Crippen molar-refractivity contribution in [3.63, 3.8) is 0 Å². The van der Waals surface area contributed by atoms with Crippen LogP contribution in [0.2, 0.25) is 0 Å². The number of benzene rings is 1. The molecule has 1 heterocycles. The molecule has 4 nitrogen and oxygen atoms in total. The average Bonchev–Trinajstić information content (AvgIpc) is 2.59. The fraction of sp³-hybridized carbons (Fsp3) is 0.357. The number of methoxy groups -OCH3 is 1. The van der Waals surface area contributed by atoms with Gasteiger partial charge in [-0.15, -0.1) is 0 Å². The number of nitrogens with zero attached hydrogens (tertiary/aromatic N) is 2. The van der Waals surface area contributed by atoms with E-state index in [0.717, 1.165) is 33.8 Å². The third kappa shape index (κ3) is 1.83. The van der Waals surface area contributed by atoms with Gasteiger partial charge in [0.05, 0.1) is 12.8 Å². The molecule has 18 heavy (non-hydrogen) atoms. The number of nitrogens with two attached hydrogens (primary N) is 1. The molecule has 4 heteroatoms. The van der Waals surface area contributed by atoms with Gasteiger partial charge in [-0.2, -0.15) is 0 Å². The Balaban J connectivity index is 2.64. The van der Waals surface area contributed by atoms with Gasteiger partial charge in [-0.05, 0) is 44.0 Å². The van der Waals surface area contributed by atoms with Gasteiger partial charge in [-0.3, -0.25) is 0 Å². The van der Waals surface area contributed by atoms with E-state index in [1.807, 2.05) is 31.5 Å². The molecule has 2 N–H and O–H groups in total. The number of rotatable bonds is 2. The second-order valence-electron chi connectivity index (χ2n) is 4.60. The Morgan fingerprint density at radius 1 is 1.17 bits per heavy atom. The number of imidazole rings is 1. The molecule has 0 fully saturated rings. The molecule has 0 bridgehead atoms. The van der Waals surface area contributed by atoms with Gasteiger partial charge >= 0.3 is 0 Å². The molecule has 2 aromatic rings. The fourth-order valence-electron chi connectivity index (χ4n) is 2.12. The number of anilines is 1. The van der Waals surface area contributed by atoms with E-state index in [0.29, 0.717) is 5.95 Å². The zero-order chi connectivity index (χ0) is 13.4. The first-order chi connectivity index (χ1) is 8.45. The second kappa shape index (κ2) is 4.37. The van der Waals surface area contributed by atoms with Crippen LogP contribution < -0.4 is 10.5 Å². The van der Waals surface area contributed by atoms with Gasteiger partial charge in [0, 0.05) is 18.3 Å². The largest absolute Gasteiger partial charge is 0.496 e. The first-order valence-electron chi connectivity index (χ1n) is 5.90. The van der Waals surface area contributed by atoms with Gasteiger partial charge in [0.15, 0.2) is 0 Å². The monoisotopic (exact) mass is 245 g/mol. The fourth-order valence-corrected chi connectivity index (χ4v) is 2.12. The zero-order valence-electron chi connectivity index (χ0n) is 11.5.